The molecular formula is C14H18FNO5S. The zero-order valence-electron chi connectivity index (χ0n) is 12.3. The van der Waals surface area contributed by atoms with Gasteiger partial charge in [0.15, 0.2) is 9.84 Å². The lowest BCUT2D eigenvalue weighted by molar-refractivity contribution is -0.136. The summed E-state index contributed by atoms with van der Waals surface area (Å²) >= 11 is 0. The number of carbonyl (C=O) groups is 2. The third kappa shape index (κ3) is 6.21. The zero-order valence-corrected chi connectivity index (χ0v) is 13.1. The van der Waals surface area contributed by atoms with Gasteiger partial charge in [-0.15, -0.1) is 0 Å². The van der Waals surface area contributed by atoms with Crippen LogP contribution in [0.2, 0.25) is 0 Å². The van der Waals surface area contributed by atoms with Gasteiger partial charge in [-0.25, -0.2) is 12.8 Å². The number of carboxylic acid groups (broad SMARTS) is 1. The minimum atomic E-state index is -3.52. The van der Waals surface area contributed by atoms with E-state index < -0.39 is 39.7 Å². The molecule has 1 aromatic carbocycles. The number of hydrogen-bond acceptors (Lipinski definition) is 4. The van der Waals surface area contributed by atoms with Crippen molar-refractivity contribution in [3.63, 3.8) is 0 Å². The molecule has 1 aromatic rings. The molecule has 6 nitrogen and oxygen atoms in total. The van der Waals surface area contributed by atoms with Crippen LogP contribution in [-0.4, -0.2) is 36.9 Å². The molecule has 0 fully saturated rings. The summed E-state index contributed by atoms with van der Waals surface area (Å²) < 4.78 is 37.0. The standard InChI is InChI=1S/C14H18FNO5S/c1-9(2)7-22(20,21)8-13(17)16-11-4-3-10(5-14(18)19)12(15)6-11/h3-4,6,9H,5,7-8H2,1-2H3,(H,16,17)(H,18,19). The van der Waals surface area contributed by atoms with Crippen molar-refractivity contribution in [3.05, 3.63) is 29.6 Å². The van der Waals surface area contributed by atoms with Gasteiger partial charge in [0.25, 0.3) is 0 Å². The van der Waals surface area contributed by atoms with E-state index in [1.807, 2.05) is 0 Å². The maximum atomic E-state index is 13.6. The van der Waals surface area contributed by atoms with Gasteiger partial charge in [0, 0.05) is 5.69 Å². The lowest BCUT2D eigenvalue weighted by atomic mass is 10.1. The van der Waals surface area contributed by atoms with E-state index >= 15 is 0 Å². The predicted octanol–water partition coefficient (Wildman–Crippen LogP) is 1.46. The summed E-state index contributed by atoms with van der Waals surface area (Å²) in [6.45, 7) is 3.46. The number of carboxylic acids is 1. The third-order valence-corrected chi connectivity index (χ3v) is 4.49. The van der Waals surface area contributed by atoms with Crippen LogP contribution in [0.5, 0.6) is 0 Å². The van der Waals surface area contributed by atoms with E-state index in [2.05, 4.69) is 5.32 Å². The van der Waals surface area contributed by atoms with Crippen molar-refractivity contribution in [3.8, 4) is 0 Å². The SMILES string of the molecule is CC(C)CS(=O)(=O)CC(=O)Nc1ccc(CC(=O)O)c(F)c1. The quantitative estimate of drug-likeness (QED) is 0.788. The fourth-order valence-corrected chi connectivity index (χ4v) is 3.50. The maximum absolute atomic E-state index is 13.6. The van der Waals surface area contributed by atoms with Crippen molar-refractivity contribution >= 4 is 27.4 Å². The van der Waals surface area contributed by atoms with E-state index in [0.29, 0.717) is 0 Å². The van der Waals surface area contributed by atoms with E-state index in [4.69, 9.17) is 5.11 Å². The summed E-state index contributed by atoms with van der Waals surface area (Å²) in [5, 5.41) is 10.9. The number of benzene rings is 1. The molecule has 0 unspecified atom stereocenters. The Balaban J connectivity index is 2.73. The molecule has 122 valence electrons. The number of rotatable bonds is 7. The number of sulfone groups is 1. The van der Waals surface area contributed by atoms with E-state index in [1.54, 1.807) is 13.8 Å². The Morgan fingerprint density at radius 1 is 1.32 bits per heavy atom. The maximum Gasteiger partial charge on any atom is 0.307 e. The molecule has 0 saturated heterocycles. The highest BCUT2D eigenvalue weighted by atomic mass is 32.2. The molecule has 0 bridgehead atoms. The Bertz CT molecular complexity index is 670. The predicted molar refractivity (Wildman–Crippen MR) is 79.9 cm³/mol. The first-order valence-corrected chi connectivity index (χ1v) is 8.41. The summed E-state index contributed by atoms with van der Waals surface area (Å²) in [6.07, 6.45) is -0.469. The van der Waals surface area contributed by atoms with E-state index in [9.17, 15) is 22.4 Å². The van der Waals surface area contributed by atoms with Gasteiger partial charge in [-0.1, -0.05) is 19.9 Å². The van der Waals surface area contributed by atoms with Gasteiger partial charge in [0.1, 0.15) is 11.6 Å². The van der Waals surface area contributed by atoms with Crippen molar-refractivity contribution in [2.75, 3.05) is 16.8 Å². The fraction of sp³-hybridized carbons (Fsp3) is 0.429. The van der Waals surface area contributed by atoms with Crippen LogP contribution in [0.3, 0.4) is 0 Å². The van der Waals surface area contributed by atoms with Crippen molar-refractivity contribution in [2.24, 2.45) is 5.92 Å². The number of halogens is 1. The topological polar surface area (TPSA) is 101 Å². The second kappa shape index (κ2) is 7.35. The molecule has 0 aliphatic heterocycles. The van der Waals surface area contributed by atoms with Crippen molar-refractivity contribution in [1.82, 2.24) is 0 Å². The average molecular weight is 331 g/mol. The zero-order chi connectivity index (χ0) is 16.9. The number of anilines is 1. The molecule has 1 rings (SSSR count). The number of amides is 1. The lowest BCUT2D eigenvalue weighted by Crippen LogP contribution is -2.26. The molecule has 2 N–H and O–H groups in total. The van der Waals surface area contributed by atoms with Crippen LogP contribution in [0.25, 0.3) is 0 Å². The molecule has 0 aliphatic rings. The molecule has 0 aliphatic carbocycles. The highest BCUT2D eigenvalue weighted by Crippen LogP contribution is 2.15. The van der Waals surface area contributed by atoms with Crippen LogP contribution < -0.4 is 5.32 Å². The molecular weight excluding hydrogens is 313 g/mol. The van der Waals surface area contributed by atoms with Crippen LogP contribution in [0.4, 0.5) is 10.1 Å². The number of aliphatic carboxylic acids is 1. The van der Waals surface area contributed by atoms with Crippen LogP contribution in [0, 0.1) is 11.7 Å². The van der Waals surface area contributed by atoms with Gasteiger partial charge in [0.2, 0.25) is 5.91 Å². The molecule has 0 saturated carbocycles. The first-order valence-electron chi connectivity index (χ1n) is 6.59. The second-order valence-corrected chi connectivity index (χ2v) is 7.48. The molecule has 0 heterocycles. The van der Waals surface area contributed by atoms with Crippen molar-refractivity contribution in [2.45, 2.75) is 20.3 Å². The van der Waals surface area contributed by atoms with Crippen LogP contribution in [0.1, 0.15) is 19.4 Å². The molecule has 0 aromatic heterocycles. The molecule has 0 atom stereocenters. The Hall–Kier alpha value is -1.96. The fourth-order valence-electron chi connectivity index (χ4n) is 1.89. The number of carbonyl (C=O) groups excluding carboxylic acids is 1. The van der Waals surface area contributed by atoms with Gasteiger partial charge in [-0.3, -0.25) is 9.59 Å². The molecule has 8 heteroatoms. The smallest absolute Gasteiger partial charge is 0.307 e. The first-order chi connectivity index (χ1) is 10.1. The molecule has 22 heavy (non-hydrogen) atoms. The van der Waals surface area contributed by atoms with E-state index in [0.717, 1.165) is 6.07 Å². The summed E-state index contributed by atoms with van der Waals surface area (Å²) in [5.41, 5.74) is 0.0642. The minimum Gasteiger partial charge on any atom is -0.481 e. The summed E-state index contributed by atoms with van der Waals surface area (Å²) in [7, 11) is -3.52. The highest BCUT2D eigenvalue weighted by molar-refractivity contribution is 7.92. The highest BCUT2D eigenvalue weighted by Gasteiger charge is 2.18. The van der Waals surface area contributed by atoms with E-state index in [-0.39, 0.29) is 22.9 Å². The normalized spacial score (nSPS) is 11.5. The van der Waals surface area contributed by atoms with Gasteiger partial charge in [0.05, 0.1) is 12.2 Å². The van der Waals surface area contributed by atoms with Gasteiger partial charge >= 0.3 is 5.97 Å². The van der Waals surface area contributed by atoms with Crippen LogP contribution in [0.15, 0.2) is 18.2 Å². The van der Waals surface area contributed by atoms with E-state index in [1.165, 1.54) is 12.1 Å². The number of hydrogen-bond donors (Lipinski definition) is 2. The second-order valence-electron chi connectivity index (χ2n) is 5.37. The largest absolute Gasteiger partial charge is 0.481 e. The van der Waals surface area contributed by atoms with Gasteiger partial charge in [-0.2, -0.15) is 0 Å². The summed E-state index contributed by atoms with van der Waals surface area (Å²) in [4.78, 5) is 22.2. The third-order valence-electron chi connectivity index (χ3n) is 2.62. The van der Waals surface area contributed by atoms with Gasteiger partial charge < -0.3 is 10.4 Å². The monoisotopic (exact) mass is 331 g/mol. The summed E-state index contributed by atoms with van der Waals surface area (Å²) in [6, 6.07) is 3.53. The lowest BCUT2D eigenvalue weighted by Gasteiger charge is -2.09. The Morgan fingerprint density at radius 2 is 1.95 bits per heavy atom. The van der Waals surface area contributed by atoms with Crippen LogP contribution >= 0.6 is 0 Å². The molecule has 1 amide bonds. The number of nitrogens with one attached hydrogen (secondary N) is 1. The molecule has 0 spiro atoms. The molecule has 0 radical (unpaired) electrons. The van der Waals surface area contributed by atoms with Crippen LogP contribution in [-0.2, 0) is 25.8 Å². The minimum absolute atomic E-state index is 0.0158. The van der Waals surface area contributed by atoms with Crippen molar-refractivity contribution < 1.29 is 27.5 Å². The summed E-state index contributed by atoms with van der Waals surface area (Å²) in [5.74, 6) is -3.58. The van der Waals surface area contributed by atoms with Crippen molar-refractivity contribution in [1.29, 1.82) is 0 Å². The average Bonchev–Trinajstić information content (AvgIpc) is 2.29. The Morgan fingerprint density at radius 3 is 2.45 bits per heavy atom. The van der Waals surface area contributed by atoms with Gasteiger partial charge in [-0.05, 0) is 23.6 Å². The first kappa shape index (κ1) is 18.1. The Labute approximate surface area is 128 Å². The Kier molecular flexibility index (Phi) is 6.04.